The molecule has 0 amide bonds. The van der Waals surface area contributed by atoms with Crippen LogP contribution in [0.5, 0.6) is 0 Å². The standard InChI is InChI=1S/C15H12N2O3/c18-15-13(10-16-9-12-7-4-8-19-12)14(17-20-15)11-5-2-1-3-6-11/h1-8,10,17H,9H2. The van der Waals surface area contributed by atoms with Gasteiger partial charge in [-0.2, -0.15) is 0 Å². The Hall–Kier alpha value is -2.82. The van der Waals surface area contributed by atoms with Crippen LogP contribution in [0.1, 0.15) is 11.3 Å². The van der Waals surface area contributed by atoms with Crippen molar-refractivity contribution in [2.75, 3.05) is 0 Å². The second-order valence-corrected chi connectivity index (χ2v) is 4.20. The normalized spacial score (nSPS) is 11.2. The van der Waals surface area contributed by atoms with Crippen molar-refractivity contribution in [3.63, 3.8) is 0 Å². The zero-order chi connectivity index (χ0) is 13.8. The Labute approximate surface area is 114 Å². The highest BCUT2D eigenvalue weighted by Gasteiger charge is 2.11. The first-order valence-corrected chi connectivity index (χ1v) is 6.13. The van der Waals surface area contributed by atoms with Gasteiger partial charge in [-0.05, 0) is 12.1 Å². The first-order chi connectivity index (χ1) is 9.84. The minimum atomic E-state index is -0.438. The average molecular weight is 268 g/mol. The predicted molar refractivity (Wildman–Crippen MR) is 74.8 cm³/mol. The Morgan fingerprint density at radius 2 is 2.00 bits per heavy atom. The molecule has 0 aliphatic carbocycles. The molecule has 2 heterocycles. The molecule has 0 bridgehead atoms. The van der Waals surface area contributed by atoms with Crippen LogP contribution in [0.4, 0.5) is 0 Å². The van der Waals surface area contributed by atoms with Crippen molar-refractivity contribution in [1.82, 2.24) is 5.16 Å². The molecule has 5 nitrogen and oxygen atoms in total. The highest BCUT2D eigenvalue weighted by Crippen LogP contribution is 2.17. The summed E-state index contributed by atoms with van der Waals surface area (Å²) >= 11 is 0. The topological polar surface area (TPSA) is 71.5 Å². The molecule has 0 aliphatic heterocycles. The highest BCUT2D eigenvalue weighted by molar-refractivity contribution is 5.87. The molecule has 5 heteroatoms. The Kier molecular flexibility index (Phi) is 3.33. The van der Waals surface area contributed by atoms with E-state index in [1.165, 1.54) is 6.21 Å². The molecule has 3 aromatic rings. The van der Waals surface area contributed by atoms with E-state index in [1.54, 1.807) is 12.3 Å². The van der Waals surface area contributed by atoms with Crippen LogP contribution in [0.3, 0.4) is 0 Å². The third kappa shape index (κ3) is 2.47. The van der Waals surface area contributed by atoms with Gasteiger partial charge in [0, 0.05) is 11.8 Å². The van der Waals surface area contributed by atoms with E-state index >= 15 is 0 Å². The summed E-state index contributed by atoms with van der Waals surface area (Å²) < 4.78 is 10.0. The number of aliphatic imine (C=N–C) groups is 1. The molecule has 0 atom stereocenters. The lowest BCUT2D eigenvalue weighted by atomic mass is 10.1. The predicted octanol–water partition coefficient (Wildman–Crippen LogP) is 2.85. The Balaban J connectivity index is 1.88. The van der Waals surface area contributed by atoms with E-state index in [0.717, 1.165) is 11.3 Å². The molecule has 0 saturated heterocycles. The van der Waals surface area contributed by atoms with Crippen LogP contribution in [0.25, 0.3) is 11.3 Å². The van der Waals surface area contributed by atoms with Gasteiger partial charge in [-0.3, -0.25) is 4.99 Å². The SMILES string of the molecule is O=c1o[nH]c(-c2ccccc2)c1C=NCc1ccco1. The number of rotatable bonds is 4. The minimum absolute atomic E-state index is 0.381. The van der Waals surface area contributed by atoms with Crippen LogP contribution in [-0.2, 0) is 6.54 Å². The maximum atomic E-state index is 11.7. The molecule has 0 radical (unpaired) electrons. The van der Waals surface area contributed by atoms with Crippen molar-refractivity contribution in [2.24, 2.45) is 4.99 Å². The van der Waals surface area contributed by atoms with Crippen LogP contribution >= 0.6 is 0 Å². The van der Waals surface area contributed by atoms with E-state index in [-0.39, 0.29) is 0 Å². The van der Waals surface area contributed by atoms with Gasteiger partial charge in [0.2, 0.25) is 0 Å². The second kappa shape index (κ2) is 5.44. The quantitative estimate of drug-likeness (QED) is 0.739. The molecule has 3 rings (SSSR count). The molecule has 0 fully saturated rings. The maximum Gasteiger partial charge on any atom is 0.366 e. The van der Waals surface area contributed by atoms with E-state index in [2.05, 4.69) is 10.1 Å². The number of nitrogens with one attached hydrogen (secondary N) is 1. The number of aromatic amines is 1. The third-order valence-electron chi connectivity index (χ3n) is 2.85. The number of nitrogens with zero attached hydrogens (tertiary/aromatic N) is 1. The molecule has 0 aliphatic rings. The van der Waals surface area contributed by atoms with Gasteiger partial charge < -0.3 is 8.94 Å². The summed E-state index contributed by atoms with van der Waals surface area (Å²) in [4.78, 5) is 15.9. The Morgan fingerprint density at radius 1 is 1.15 bits per heavy atom. The summed E-state index contributed by atoms with van der Waals surface area (Å²) in [6.07, 6.45) is 3.10. The average Bonchev–Trinajstić information content (AvgIpc) is 3.11. The zero-order valence-corrected chi connectivity index (χ0v) is 10.6. The summed E-state index contributed by atoms with van der Waals surface area (Å²) in [6.45, 7) is 0.381. The molecule has 20 heavy (non-hydrogen) atoms. The summed E-state index contributed by atoms with van der Waals surface area (Å²) in [5.74, 6) is 0.738. The summed E-state index contributed by atoms with van der Waals surface area (Å²) in [5.41, 5.74) is 1.46. The molecular weight excluding hydrogens is 256 g/mol. The van der Waals surface area contributed by atoms with Gasteiger partial charge in [0.15, 0.2) is 0 Å². The van der Waals surface area contributed by atoms with Crippen LogP contribution in [0.15, 0.2) is 67.5 Å². The van der Waals surface area contributed by atoms with E-state index < -0.39 is 5.63 Å². The van der Waals surface area contributed by atoms with Gasteiger partial charge in [0.25, 0.3) is 0 Å². The summed E-state index contributed by atoms with van der Waals surface area (Å²) in [5, 5.41) is 2.63. The molecule has 100 valence electrons. The lowest BCUT2D eigenvalue weighted by Gasteiger charge is -1.96. The second-order valence-electron chi connectivity index (χ2n) is 4.20. The fourth-order valence-corrected chi connectivity index (χ4v) is 1.88. The summed E-state index contributed by atoms with van der Waals surface area (Å²) in [6, 6.07) is 13.1. The molecule has 1 aromatic carbocycles. The van der Waals surface area contributed by atoms with Crippen molar-refractivity contribution < 1.29 is 8.94 Å². The van der Waals surface area contributed by atoms with Crippen LogP contribution in [0.2, 0.25) is 0 Å². The van der Waals surface area contributed by atoms with Gasteiger partial charge in [0.1, 0.15) is 11.3 Å². The fourth-order valence-electron chi connectivity index (χ4n) is 1.88. The largest absolute Gasteiger partial charge is 0.467 e. The molecule has 0 saturated carbocycles. The number of hydrogen-bond acceptors (Lipinski definition) is 4. The van der Waals surface area contributed by atoms with Crippen LogP contribution in [-0.4, -0.2) is 11.4 Å². The Morgan fingerprint density at radius 3 is 2.75 bits per heavy atom. The number of aromatic nitrogens is 1. The van der Waals surface area contributed by atoms with Crippen molar-refractivity contribution in [1.29, 1.82) is 0 Å². The van der Waals surface area contributed by atoms with Gasteiger partial charge >= 0.3 is 5.63 Å². The molecule has 2 aromatic heterocycles. The minimum Gasteiger partial charge on any atom is -0.467 e. The lowest BCUT2D eigenvalue weighted by molar-refractivity contribution is 0.393. The van der Waals surface area contributed by atoms with E-state index in [9.17, 15) is 4.79 Å². The van der Waals surface area contributed by atoms with E-state index in [1.807, 2.05) is 36.4 Å². The van der Waals surface area contributed by atoms with Gasteiger partial charge in [-0.25, -0.2) is 9.95 Å². The monoisotopic (exact) mass is 268 g/mol. The number of furan rings is 1. The van der Waals surface area contributed by atoms with E-state index in [4.69, 9.17) is 8.94 Å². The van der Waals surface area contributed by atoms with Crippen molar-refractivity contribution in [2.45, 2.75) is 6.54 Å². The zero-order valence-electron chi connectivity index (χ0n) is 10.6. The van der Waals surface area contributed by atoms with E-state index in [0.29, 0.717) is 17.8 Å². The molecule has 0 spiro atoms. The maximum absolute atomic E-state index is 11.7. The van der Waals surface area contributed by atoms with Gasteiger partial charge in [-0.1, -0.05) is 30.3 Å². The van der Waals surface area contributed by atoms with Gasteiger partial charge in [-0.15, -0.1) is 0 Å². The molecular formula is C15H12N2O3. The lowest BCUT2D eigenvalue weighted by Crippen LogP contribution is -2.01. The molecule has 0 unspecified atom stereocenters. The number of hydrogen-bond donors (Lipinski definition) is 1. The van der Waals surface area contributed by atoms with Crippen molar-refractivity contribution in [3.05, 3.63) is 70.5 Å². The Bertz CT molecular complexity index is 752. The third-order valence-corrected chi connectivity index (χ3v) is 2.85. The first-order valence-electron chi connectivity index (χ1n) is 6.13. The van der Waals surface area contributed by atoms with Crippen LogP contribution in [0, 0.1) is 0 Å². The number of benzene rings is 1. The smallest absolute Gasteiger partial charge is 0.366 e. The van der Waals surface area contributed by atoms with Gasteiger partial charge in [0.05, 0.1) is 18.5 Å². The molecule has 1 N–H and O–H groups in total. The fraction of sp³-hybridized carbons (Fsp3) is 0.0667. The highest BCUT2D eigenvalue weighted by atomic mass is 16.5. The van der Waals surface area contributed by atoms with Crippen LogP contribution < -0.4 is 5.63 Å². The first kappa shape index (κ1) is 12.2. The van der Waals surface area contributed by atoms with Crippen molar-refractivity contribution in [3.8, 4) is 11.3 Å². The van der Waals surface area contributed by atoms with Crippen molar-refractivity contribution >= 4 is 6.21 Å². The number of H-pyrrole nitrogens is 1. The summed E-state index contributed by atoms with van der Waals surface area (Å²) in [7, 11) is 0.